The highest BCUT2D eigenvalue weighted by molar-refractivity contribution is 7.10. The molecule has 0 saturated heterocycles. The minimum absolute atomic E-state index is 0.222. The van der Waals surface area contributed by atoms with Crippen LogP contribution < -0.4 is 0 Å². The summed E-state index contributed by atoms with van der Waals surface area (Å²) in [5, 5.41) is 17.7. The van der Waals surface area contributed by atoms with E-state index < -0.39 is 11.9 Å². The monoisotopic (exact) mass is 456 g/mol. The van der Waals surface area contributed by atoms with Crippen molar-refractivity contribution in [2.24, 2.45) is 0 Å². The summed E-state index contributed by atoms with van der Waals surface area (Å²) in [5.41, 5.74) is 1.66. The molecule has 0 radical (unpaired) electrons. The van der Waals surface area contributed by atoms with Crippen LogP contribution in [0.15, 0.2) is 11.4 Å². The lowest BCUT2D eigenvalue weighted by Crippen LogP contribution is -1.91. The van der Waals surface area contributed by atoms with Gasteiger partial charge in [0.1, 0.15) is 0 Å². The van der Waals surface area contributed by atoms with Crippen molar-refractivity contribution in [1.29, 1.82) is 0 Å². The Morgan fingerprint density at radius 1 is 0.677 bits per heavy atom. The number of unbranched alkanes of at least 4 members (excludes halogenated alkanes) is 10. The molecule has 0 aromatic carbocycles. The number of aryl methyl sites for hydroxylation is 2. The fourth-order valence-corrected chi connectivity index (χ4v) is 3.95. The van der Waals surface area contributed by atoms with Crippen LogP contribution in [0.2, 0.25) is 0 Å². The minimum Gasteiger partial charge on any atom is -0.481 e. The molecule has 1 heterocycles. The second-order valence-corrected chi connectivity index (χ2v) is 8.90. The quantitative estimate of drug-likeness (QED) is 0.244. The third kappa shape index (κ3) is 24.8. The Morgan fingerprint density at radius 3 is 1.48 bits per heavy atom. The van der Waals surface area contributed by atoms with Gasteiger partial charge in [-0.2, -0.15) is 0 Å². The van der Waals surface area contributed by atoms with Crippen molar-refractivity contribution >= 4 is 23.3 Å². The highest BCUT2D eigenvalue weighted by Crippen LogP contribution is 2.22. The van der Waals surface area contributed by atoms with Crippen LogP contribution in [-0.4, -0.2) is 22.2 Å². The van der Waals surface area contributed by atoms with E-state index in [9.17, 15) is 9.59 Å². The molecule has 0 atom stereocenters. The van der Waals surface area contributed by atoms with Gasteiger partial charge in [0.05, 0.1) is 0 Å². The van der Waals surface area contributed by atoms with Crippen molar-refractivity contribution < 1.29 is 19.8 Å². The summed E-state index contributed by atoms with van der Waals surface area (Å²) >= 11 is 1.99. The maximum atomic E-state index is 9.37. The van der Waals surface area contributed by atoms with Crippen LogP contribution >= 0.6 is 11.3 Å². The van der Waals surface area contributed by atoms with Gasteiger partial charge in [-0.1, -0.05) is 91.9 Å². The van der Waals surface area contributed by atoms with E-state index in [1.807, 2.05) is 11.3 Å². The number of rotatable bonds is 16. The minimum atomic E-state index is -0.745. The van der Waals surface area contributed by atoms with Crippen LogP contribution in [0, 0.1) is 0 Å². The van der Waals surface area contributed by atoms with Crippen LogP contribution in [0.4, 0.5) is 0 Å². The lowest BCUT2D eigenvalue weighted by Gasteiger charge is -2.05. The predicted molar refractivity (Wildman–Crippen MR) is 134 cm³/mol. The Hall–Kier alpha value is -1.36. The van der Waals surface area contributed by atoms with Crippen molar-refractivity contribution in [3.8, 4) is 0 Å². The van der Waals surface area contributed by atoms with Crippen LogP contribution in [0.25, 0.3) is 0 Å². The van der Waals surface area contributed by atoms with E-state index in [1.54, 1.807) is 24.3 Å². The number of aliphatic carboxylic acids is 2. The van der Waals surface area contributed by atoms with Gasteiger partial charge in [-0.15, -0.1) is 11.3 Å². The normalized spacial score (nSPS) is 9.94. The van der Waals surface area contributed by atoms with Crippen molar-refractivity contribution in [3.63, 3.8) is 0 Å². The molecule has 0 unspecified atom stereocenters. The summed E-state index contributed by atoms with van der Waals surface area (Å²) in [6, 6.07) is 2.38. The van der Waals surface area contributed by atoms with Gasteiger partial charge in [-0.3, -0.25) is 9.59 Å². The van der Waals surface area contributed by atoms with Gasteiger partial charge in [0.25, 0.3) is 0 Å². The molecule has 0 fully saturated rings. The first-order chi connectivity index (χ1) is 14.9. The summed E-state index contributed by atoms with van der Waals surface area (Å²) < 4.78 is 0. The molecule has 0 saturated carbocycles. The van der Waals surface area contributed by atoms with Crippen LogP contribution in [0.1, 0.15) is 128 Å². The Balaban J connectivity index is 0. The van der Waals surface area contributed by atoms with Crippen molar-refractivity contribution in [2.45, 2.75) is 130 Å². The molecule has 0 spiro atoms. The van der Waals surface area contributed by atoms with Crippen LogP contribution in [-0.2, 0) is 22.4 Å². The number of hydrogen-bond acceptors (Lipinski definition) is 3. The predicted octanol–water partition coefficient (Wildman–Crippen LogP) is 8.52. The van der Waals surface area contributed by atoms with Gasteiger partial charge in [0.2, 0.25) is 0 Å². The largest absolute Gasteiger partial charge is 0.481 e. The molecule has 1 aromatic heterocycles. The molecule has 0 aliphatic carbocycles. The Bertz CT molecular complexity index is 481. The zero-order valence-electron chi connectivity index (χ0n) is 20.6. The number of carboxylic acids is 2. The lowest BCUT2D eigenvalue weighted by atomic mass is 10.0. The lowest BCUT2D eigenvalue weighted by molar-refractivity contribution is -0.137. The number of hydrogen-bond donors (Lipinski definition) is 2. The van der Waals surface area contributed by atoms with E-state index >= 15 is 0 Å². The summed E-state index contributed by atoms with van der Waals surface area (Å²) in [7, 11) is 0. The molecular weight excluding hydrogens is 408 g/mol. The molecule has 0 aliphatic heterocycles. The fourth-order valence-electron chi connectivity index (χ4n) is 2.97. The van der Waals surface area contributed by atoms with E-state index in [0.717, 1.165) is 0 Å². The number of thiophene rings is 1. The second-order valence-electron chi connectivity index (χ2n) is 7.90. The molecule has 5 heteroatoms. The standard InChI is InChI=1S/C20H36S.2C3H6O2/c1-3-5-7-9-11-13-15-19-17-18-21-20(19)16-14-12-10-8-6-4-2;2*1-2-3(4)5/h17-18H,3-16H2,1-2H3;2*2H2,1H3,(H,4,5). The first-order valence-corrected chi connectivity index (χ1v) is 13.3. The summed E-state index contributed by atoms with van der Waals surface area (Å²) in [4.78, 5) is 20.4. The summed E-state index contributed by atoms with van der Waals surface area (Å²) in [5.74, 6) is -1.49. The first-order valence-electron chi connectivity index (χ1n) is 12.4. The zero-order valence-corrected chi connectivity index (χ0v) is 21.4. The van der Waals surface area contributed by atoms with Crippen molar-refractivity contribution in [1.82, 2.24) is 0 Å². The Kier molecular flexibility index (Phi) is 25.6. The Labute approximate surface area is 195 Å². The molecule has 0 bridgehead atoms. The number of carbonyl (C=O) groups is 2. The van der Waals surface area contributed by atoms with Crippen LogP contribution in [0.3, 0.4) is 0 Å². The van der Waals surface area contributed by atoms with Gasteiger partial charge < -0.3 is 10.2 Å². The van der Waals surface area contributed by atoms with E-state index in [1.165, 1.54) is 89.9 Å². The summed E-state index contributed by atoms with van der Waals surface area (Å²) in [6.45, 7) is 7.78. The van der Waals surface area contributed by atoms with E-state index in [2.05, 4.69) is 25.3 Å². The van der Waals surface area contributed by atoms with Gasteiger partial charge >= 0.3 is 11.9 Å². The molecule has 1 rings (SSSR count). The topological polar surface area (TPSA) is 74.6 Å². The van der Waals surface area contributed by atoms with Crippen molar-refractivity contribution in [3.05, 3.63) is 21.9 Å². The summed E-state index contributed by atoms with van der Waals surface area (Å²) in [6.07, 6.45) is 20.0. The second kappa shape index (κ2) is 24.9. The maximum Gasteiger partial charge on any atom is 0.303 e. The average Bonchev–Trinajstić information content (AvgIpc) is 3.21. The Morgan fingerprint density at radius 2 is 1.06 bits per heavy atom. The highest BCUT2D eigenvalue weighted by Gasteiger charge is 2.04. The van der Waals surface area contributed by atoms with E-state index in [4.69, 9.17) is 10.2 Å². The zero-order chi connectivity index (χ0) is 23.7. The SMILES string of the molecule is CCC(=O)O.CCC(=O)O.CCCCCCCCc1ccsc1CCCCCCCC. The van der Waals surface area contributed by atoms with E-state index in [-0.39, 0.29) is 12.8 Å². The van der Waals surface area contributed by atoms with Gasteiger partial charge in [0.15, 0.2) is 0 Å². The van der Waals surface area contributed by atoms with Crippen molar-refractivity contribution in [2.75, 3.05) is 0 Å². The average molecular weight is 457 g/mol. The van der Waals surface area contributed by atoms with Gasteiger partial charge in [0, 0.05) is 17.7 Å². The molecule has 182 valence electrons. The molecule has 1 aromatic rings. The number of carboxylic acid groups (broad SMARTS) is 2. The first kappa shape index (κ1) is 31.8. The molecule has 2 N–H and O–H groups in total. The molecule has 0 aliphatic rings. The van der Waals surface area contributed by atoms with E-state index in [0.29, 0.717) is 0 Å². The third-order valence-corrected chi connectivity index (χ3v) is 6.02. The molecular formula is C26H48O4S. The van der Waals surface area contributed by atoms with Crippen LogP contribution in [0.5, 0.6) is 0 Å². The maximum absolute atomic E-state index is 9.37. The molecule has 4 nitrogen and oxygen atoms in total. The smallest absolute Gasteiger partial charge is 0.303 e. The highest BCUT2D eigenvalue weighted by atomic mass is 32.1. The van der Waals surface area contributed by atoms with Gasteiger partial charge in [-0.05, 0) is 42.7 Å². The molecule has 31 heavy (non-hydrogen) atoms. The third-order valence-electron chi connectivity index (χ3n) is 5.00. The van der Waals surface area contributed by atoms with Gasteiger partial charge in [-0.25, -0.2) is 0 Å². The fraction of sp³-hybridized carbons (Fsp3) is 0.769. The molecule has 0 amide bonds.